The summed E-state index contributed by atoms with van der Waals surface area (Å²) in [7, 11) is 1.29. The van der Waals surface area contributed by atoms with Crippen molar-refractivity contribution in [1.29, 1.82) is 0 Å². The highest BCUT2D eigenvalue weighted by Gasteiger charge is 2.45. The van der Waals surface area contributed by atoms with Crippen molar-refractivity contribution in [3.05, 3.63) is 32.6 Å². The van der Waals surface area contributed by atoms with E-state index in [4.69, 9.17) is 19.7 Å². The van der Waals surface area contributed by atoms with Gasteiger partial charge in [0.05, 0.1) is 13.0 Å². The molecule has 2 heterocycles. The van der Waals surface area contributed by atoms with Gasteiger partial charge in [0.15, 0.2) is 6.23 Å². The average Bonchev–Trinajstić information content (AvgIpc) is 2.77. The van der Waals surface area contributed by atoms with Crippen molar-refractivity contribution in [2.24, 2.45) is 0 Å². The van der Waals surface area contributed by atoms with E-state index in [1.165, 1.54) is 7.11 Å². The first-order valence-corrected chi connectivity index (χ1v) is 6.42. The minimum Gasteiger partial charge on any atom is -0.481 e. The van der Waals surface area contributed by atoms with Crippen molar-refractivity contribution in [2.75, 3.05) is 13.7 Å². The third kappa shape index (κ3) is 2.95. The van der Waals surface area contributed by atoms with E-state index < -0.39 is 54.8 Å². The van der Waals surface area contributed by atoms with E-state index in [0.29, 0.717) is 0 Å². The van der Waals surface area contributed by atoms with Crippen molar-refractivity contribution >= 4 is 5.97 Å². The molecule has 1 aromatic heterocycles. The molecule has 0 spiro atoms. The molecule has 1 aliphatic heterocycles. The number of aliphatic hydroxyl groups excluding tert-OH is 2. The lowest BCUT2D eigenvalue weighted by Gasteiger charge is -2.20. The fraction of sp³-hybridized carbons (Fsp3) is 0.583. The number of ether oxygens (including phenoxy) is 2. The first kappa shape index (κ1) is 16.4. The molecule has 0 aromatic carbocycles. The van der Waals surface area contributed by atoms with Crippen LogP contribution in [0.25, 0.3) is 0 Å². The number of carboxylic acid groups (broad SMARTS) is 1. The molecule has 10 heteroatoms. The highest BCUT2D eigenvalue weighted by molar-refractivity contribution is 5.69. The van der Waals surface area contributed by atoms with E-state index in [2.05, 4.69) is 0 Å². The van der Waals surface area contributed by atoms with Gasteiger partial charge in [-0.2, -0.15) is 0 Å². The summed E-state index contributed by atoms with van der Waals surface area (Å²) in [5.41, 5.74) is -1.79. The predicted molar refractivity (Wildman–Crippen MR) is 70.5 cm³/mol. The quantitative estimate of drug-likeness (QED) is 0.462. The Bertz CT molecular complexity index is 666. The maximum Gasteiger partial charge on any atom is 0.330 e. The van der Waals surface area contributed by atoms with E-state index in [1.807, 2.05) is 4.98 Å². The Morgan fingerprint density at radius 3 is 2.73 bits per heavy atom. The molecule has 10 nitrogen and oxygen atoms in total. The summed E-state index contributed by atoms with van der Waals surface area (Å²) in [5.74, 6) is -1.24. The molecule has 4 atom stereocenters. The van der Waals surface area contributed by atoms with Gasteiger partial charge in [-0.3, -0.25) is 19.1 Å². The fourth-order valence-corrected chi connectivity index (χ4v) is 2.35. The lowest BCUT2D eigenvalue weighted by atomic mass is 10.1. The summed E-state index contributed by atoms with van der Waals surface area (Å²) in [6.07, 6.45) is -3.73. The lowest BCUT2D eigenvalue weighted by Crippen LogP contribution is -2.40. The van der Waals surface area contributed by atoms with Crippen LogP contribution >= 0.6 is 0 Å². The van der Waals surface area contributed by atoms with E-state index in [1.54, 1.807) is 0 Å². The molecule has 1 saturated heterocycles. The summed E-state index contributed by atoms with van der Waals surface area (Å²) in [4.78, 5) is 36.2. The molecule has 2 rings (SSSR count). The number of nitrogens with one attached hydrogen (secondary N) is 1. The van der Waals surface area contributed by atoms with Crippen molar-refractivity contribution < 1.29 is 29.6 Å². The van der Waals surface area contributed by atoms with Crippen LogP contribution in [0.1, 0.15) is 11.8 Å². The third-order valence-electron chi connectivity index (χ3n) is 3.42. The van der Waals surface area contributed by atoms with E-state index in [-0.39, 0.29) is 5.56 Å². The summed E-state index contributed by atoms with van der Waals surface area (Å²) in [6.45, 7) is -0.488. The monoisotopic (exact) mass is 316 g/mol. The maximum atomic E-state index is 11.9. The van der Waals surface area contributed by atoms with Crippen molar-refractivity contribution in [2.45, 2.75) is 31.0 Å². The molecule has 0 bridgehead atoms. The fourth-order valence-electron chi connectivity index (χ4n) is 2.35. The normalized spacial score (nSPS) is 28.0. The summed E-state index contributed by atoms with van der Waals surface area (Å²) in [5, 5.41) is 27.9. The first-order valence-electron chi connectivity index (χ1n) is 6.42. The predicted octanol–water partition coefficient (Wildman–Crippen LogP) is -2.57. The van der Waals surface area contributed by atoms with Crippen LogP contribution in [0.5, 0.6) is 0 Å². The van der Waals surface area contributed by atoms with Gasteiger partial charge in [-0.25, -0.2) is 4.79 Å². The number of aromatic nitrogens is 2. The summed E-state index contributed by atoms with van der Waals surface area (Å²) >= 11 is 0. The van der Waals surface area contributed by atoms with Gasteiger partial charge >= 0.3 is 11.7 Å². The molecule has 22 heavy (non-hydrogen) atoms. The molecule has 0 unspecified atom stereocenters. The zero-order valence-corrected chi connectivity index (χ0v) is 11.6. The second-order valence-corrected chi connectivity index (χ2v) is 4.83. The molecule has 1 fully saturated rings. The molecule has 0 aliphatic carbocycles. The number of nitrogens with zero attached hydrogens (tertiary/aromatic N) is 1. The standard InChI is InChI=1S/C12H16N2O8/c1-21-9-8(18)6(4-15)22-11(9)14-3-5(2-7(16)17)10(19)13-12(14)20/h3,6,8-9,11,15,18H,2,4H2,1H3,(H,16,17)(H,13,19,20)/t6-,8+,9-,11-/m1/s1. The van der Waals surface area contributed by atoms with E-state index in [0.717, 1.165) is 10.8 Å². The molecule has 0 saturated carbocycles. The van der Waals surface area contributed by atoms with Crippen LogP contribution in [0.15, 0.2) is 15.8 Å². The number of hydrogen-bond acceptors (Lipinski definition) is 7. The second kappa shape index (κ2) is 6.40. The van der Waals surface area contributed by atoms with Crippen LogP contribution < -0.4 is 11.2 Å². The second-order valence-electron chi connectivity index (χ2n) is 4.83. The van der Waals surface area contributed by atoms with Gasteiger partial charge in [0.2, 0.25) is 0 Å². The number of methoxy groups -OCH3 is 1. The van der Waals surface area contributed by atoms with Gasteiger partial charge in [-0.15, -0.1) is 0 Å². The highest BCUT2D eigenvalue weighted by atomic mass is 16.6. The van der Waals surface area contributed by atoms with Gasteiger partial charge in [-0.05, 0) is 0 Å². The summed E-state index contributed by atoms with van der Waals surface area (Å²) < 4.78 is 11.4. The average molecular weight is 316 g/mol. The number of rotatable bonds is 5. The van der Waals surface area contributed by atoms with Gasteiger partial charge in [-0.1, -0.05) is 0 Å². The van der Waals surface area contributed by atoms with Crippen LogP contribution in [-0.2, 0) is 20.7 Å². The number of hydrogen-bond donors (Lipinski definition) is 4. The molecule has 1 aliphatic rings. The smallest absolute Gasteiger partial charge is 0.330 e. The zero-order valence-electron chi connectivity index (χ0n) is 11.6. The molecule has 1 aromatic rings. The molecule has 0 radical (unpaired) electrons. The Morgan fingerprint density at radius 1 is 1.50 bits per heavy atom. The minimum atomic E-state index is -1.24. The number of carboxylic acids is 1. The molecule has 4 N–H and O–H groups in total. The summed E-state index contributed by atoms with van der Waals surface area (Å²) in [6, 6.07) is 0. The number of H-pyrrole nitrogens is 1. The van der Waals surface area contributed by atoms with E-state index in [9.17, 15) is 19.5 Å². The molecular formula is C12H16N2O8. The Labute approximate surface area is 123 Å². The minimum absolute atomic E-state index is 0.146. The Balaban J connectivity index is 2.45. The molecular weight excluding hydrogens is 300 g/mol. The van der Waals surface area contributed by atoms with Crippen LogP contribution in [0.2, 0.25) is 0 Å². The lowest BCUT2D eigenvalue weighted by molar-refractivity contribution is -0.136. The zero-order chi connectivity index (χ0) is 16.4. The topological polar surface area (TPSA) is 151 Å². The van der Waals surface area contributed by atoms with Crippen LogP contribution in [-0.4, -0.2) is 62.9 Å². The molecule has 0 amide bonds. The van der Waals surface area contributed by atoms with Crippen molar-refractivity contribution in [1.82, 2.24) is 9.55 Å². The number of aliphatic carboxylic acids is 1. The first-order chi connectivity index (χ1) is 10.4. The molecule has 122 valence electrons. The third-order valence-corrected chi connectivity index (χ3v) is 3.42. The SMILES string of the molecule is CO[C@@H]1[C@@H](O)[C@@H](CO)O[C@H]1n1cc(CC(=O)O)c(=O)[nH]c1=O. The Morgan fingerprint density at radius 2 is 2.18 bits per heavy atom. The van der Waals surface area contributed by atoms with Crippen LogP contribution in [0.4, 0.5) is 0 Å². The van der Waals surface area contributed by atoms with Gasteiger partial charge < -0.3 is 24.8 Å². The van der Waals surface area contributed by atoms with Gasteiger partial charge in [0.25, 0.3) is 5.56 Å². The highest BCUT2D eigenvalue weighted by Crippen LogP contribution is 2.30. The Kier molecular flexibility index (Phi) is 4.76. The van der Waals surface area contributed by atoms with Crippen LogP contribution in [0, 0.1) is 0 Å². The number of aromatic amines is 1. The largest absolute Gasteiger partial charge is 0.481 e. The number of carbonyl (C=O) groups is 1. The Hall–Kier alpha value is -2.01. The van der Waals surface area contributed by atoms with E-state index >= 15 is 0 Å². The number of aliphatic hydroxyl groups is 2. The van der Waals surface area contributed by atoms with Gasteiger partial charge in [0, 0.05) is 18.9 Å². The maximum absolute atomic E-state index is 11.9. The van der Waals surface area contributed by atoms with Gasteiger partial charge in [0.1, 0.15) is 18.3 Å². The van der Waals surface area contributed by atoms with Crippen LogP contribution in [0.3, 0.4) is 0 Å². The van der Waals surface area contributed by atoms with Crippen molar-refractivity contribution in [3.8, 4) is 0 Å². The van der Waals surface area contributed by atoms with Crippen molar-refractivity contribution in [3.63, 3.8) is 0 Å².